The first-order chi connectivity index (χ1) is 69.7. The summed E-state index contributed by atoms with van der Waals surface area (Å²) < 4.78 is 91.2. The van der Waals surface area contributed by atoms with Crippen LogP contribution in [0.15, 0.2) is 121 Å². The first kappa shape index (κ1) is 101. The third kappa shape index (κ3) is 23.9. The number of rotatable bonds is 23. The van der Waals surface area contributed by atoms with Gasteiger partial charge in [0.1, 0.15) is 43.9 Å². The number of anilines is 3. The number of halogens is 5. The van der Waals surface area contributed by atoms with E-state index in [9.17, 15) is 18.3 Å². The van der Waals surface area contributed by atoms with Crippen LogP contribution in [0.1, 0.15) is 243 Å². The highest BCUT2D eigenvalue weighted by Crippen LogP contribution is 2.48. The third-order valence-electron chi connectivity index (χ3n) is 31.8. The lowest BCUT2D eigenvalue weighted by Crippen LogP contribution is -2.43. The van der Waals surface area contributed by atoms with Crippen LogP contribution in [0.5, 0.6) is 24.0 Å². The Bertz CT molecular complexity index is 6140. The zero-order chi connectivity index (χ0) is 98.6. The Balaban J connectivity index is 0.000000121. The molecular weight excluding hydrogens is 1860 g/mol. The van der Waals surface area contributed by atoms with Gasteiger partial charge in [0, 0.05) is 138 Å². The van der Waals surface area contributed by atoms with Gasteiger partial charge in [-0.05, 0) is 233 Å². The van der Waals surface area contributed by atoms with E-state index in [-0.39, 0.29) is 61.6 Å². The van der Waals surface area contributed by atoms with Crippen molar-refractivity contribution in [3.63, 3.8) is 0 Å². The molecule has 0 bridgehead atoms. The monoisotopic (exact) mass is 1990 g/mol. The molecule has 31 heteroatoms. The minimum Gasteiger partial charge on any atom is -0.462 e. The largest absolute Gasteiger partial charge is 0.462 e. The molecule has 11 atom stereocenters. The lowest BCUT2D eigenvalue weighted by molar-refractivity contribution is -0.139. The molecule has 4 aromatic heterocycles. The molecule has 0 amide bonds. The second kappa shape index (κ2) is 47.1. The van der Waals surface area contributed by atoms with Crippen molar-refractivity contribution in [3.05, 3.63) is 238 Å². The number of hydrogen-bond donors (Lipinski definition) is 1. The fourth-order valence-electron chi connectivity index (χ4n) is 23.7. The highest BCUT2D eigenvalue weighted by Gasteiger charge is 2.42. The third-order valence-corrected chi connectivity index (χ3v) is 32.5. The smallest absolute Gasteiger partial charge is 0.416 e. The van der Waals surface area contributed by atoms with E-state index in [2.05, 4.69) is 145 Å². The van der Waals surface area contributed by atoms with Crippen molar-refractivity contribution in [1.29, 1.82) is 0 Å². The maximum Gasteiger partial charge on any atom is 0.416 e. The maximum atomic E-state index is 13.7. The minimum atomic E-state index is -4.47. The molecule has 6 aromatic carbocycles. The summed E-state index contributed by atoms with van der Waals surface area (Å²) in [6.45, 7) is 30.5. The molecule has 1 aliphatic carbocycles. The first-order valence-electron chi connectivity index (χ1n) is 52.2. The molecule has 0 radical (unpaired) electrons. The molecule has 5 unspecified atom stereocenters. The summed E-state index contributed by atoms with van der Waals surface area (Å²) in [7, 11) is 8.57. The van der Waals surface area contributed by atoms with E-state index < -0.39 is 17.8 Å². The normalized spacial score (nSPS) is 24.4. The number of aryl methyl sites for hydroxylation is 1. The Labute approximate surface area is 849 Å². The quantitative estimate of drug-likeness (QED) is 0.0587. The van der Waals surface area contributed by atoms with Gasteiger partial charge in [-0.1, -0.05) is 146 Å². The van der Waals surface area contributed by atoms with Gasteiger partial charge in [0.25, 0.3) is 0 Å². The van der Waals surface area contributed by atoms with E-state index in [4.69, 9.17) is 109 Å². The predicted molar refractivity (Wildman–Crippen MR) is 549 cm³/mol. The molecule has 143 heavy (non-hydrogen) atoms. The summed E-state index contributed by atoms with van der Waals surface area (Å²) in [5, 5.41) is 16.2. The van der Waals surface area contributed by atoms with Crippen molar-refractivity contribution in [1.82, 2.24) is 59.5 Å². The molecule has 26 nitrogen and oxygen atoms in total. The van der Waals surface area contributed by atoms with Gasteiger partial charge in [0.15, 0.2) is 0 Å². The van der Waals surface area contributed by atoms with Crippen LogP contribution in [0.2, 0.25) is 10.0 Å². The van der Waals surface area contributed by atoms with Crippen LogP contribution in [0.3, 0.4) is 0 Å². The highest BCUT2D eigenvalue weighted by atomic mass is 35.5. The van der Waals surface area contributed by atoms with E-state index in [1.807, 2.05) is 36.4 Å². The van der Waals surface area contributed by atoms with Crippen molar-refractivity contribution in [2.45, 2.75) is 254 Å². The molecule has 7 saturated heterocycles. The summed E-state index contributed by atoms with van der Waals surface area (Å²) in [5.41, 5.74) is 13.0. The number of ether oxygens (including phenoxy) is 8. The van der Waals surface area contributed by atoms with E-state index in [1.165, 1.54) is 103 Å². The molecular formula is C112H136Cl2F3N17O9. The van der Waals surface area contributed by atoms with Crippen LogP contribution < -0.4 is 33.6 Å². The predicted octanol–water partition coefficient (Wildman–Crippen LogP) is 20.7. The summed E-state index contributed by atoms with van der Waals surface area (Å²) in [4.78, 5) is 62.5. The Kier molecular flexibility index (Phi) is 33.4. The zero-order valence-corrected chi connectivity index (χ0v) is 84.8. The van der Waals surface area contributed by atoms with Gasteiger partial charge in [-0.2, -0.15) is 53.0 Å². The van der Waals surface area contributed by atoms with E-state index in [0.29, 0.717) is 143 Å². The van der Waals surface area contributed by atoms with E-state index in [0.717, 1.165) is 214 Å². The lowest BCUT2D eigenvalue weighted by atomic mass is 9.83. The van der Waals surface area contributed by atoms with Crippen LogP contribution in [0.25, 0.3) is 31.2 Å². The van der Waals surface area contributed by atoms with E-state index >= 15 is 0 Å². The van der Waals surface area contributed by atoms with Crippen molar-refractivity contribution in [2.75, 3.05) is 148 Å². The van der Waals surface area contributed by atoms with Gasteiger partial charge in [-0.25, -0.2) is 13.1 Å². The average molecular weight is 1990 g/mol. The zero-order valence-electron chi connectivity index (χ0n) is 83.3. The molecule has 12 aliphatic rings. The summed E-state index contributed by atoms with van der Waals surface area (Å²) in [6.07, 6.45) is 19.4. The number of hydrogen-bond acceptors (Lipinski definition) is 24. The number of benzene rings is 6. The number of likely N-dealkylation sites (tertiary alicyclic amines) is 4. The number of aliphatic hydroxyl groups excluding tert-OH is 1. The molecule has 8 fully saturated rings. The van der Waals surface area contributed by atoms with Crippen molar-refractivity contribution in [3.8, 4) is 24.0 Å². The van der Waals surface area contributed by atoms with Crippen molar-refractivity contribution < 1.29 is 56.2 Å². The maximum absolute atomic E-state index is 13.7. The molecule has 758 valence electrons. The van der Waals surface area contributed by atoms with Gasteiger partial charge in [0.2, 0.25) is 13.1 Å². The number of likely N-dealkylation sites (N-methyl/N-ethyl adjacent to an activating group) is 4. The molecule has 10 aromatic rings. The number of aliphatic hydroxyl groups is 1. The summed E-state index contributed by atoms with van der Waals surface area (Å²) >= 11 is 13.1. The topological polar surface area (TPSA) is 229 Å². The highest BCUT2D eigenvalue weighted by molar-refractivity contribution is 6.35. The van der Waals surface area contributed by atoms with E-state index in [1.54, 1.807) is 6.07 Å². The number of fused-ring (bicyclic) bond motifs is 6. The number of alkyl halides is 3. The fraction of sp³-hybridized carbons (Fsp3) is 0.554. The number of piperidine rings is 3. The standard InChI is InChI=1S/C30H34ClN5O2.C30H37N3O2.C26H32ClN5O2.C26H33F3N4O3/c1-32-16-20-7-5-14-36(17-20)29-24-19-37-27(23-11-3-8-21-9-4-12-25(31)28(21)23)15-26(24)33-30(34-29)38-18-22-10-6-13-35(22)2;1-20-9-6-12-21-13-7-15-24(28(20)21)27-17-26-25(19-34-27)29(22-10-4-3-5-11-22)32-30(31-26)35-18-23-14-8-16-33(23)2;1-28-14-18-7-5-12-32(15-18)25-21-17-33-24(20-9-3-4-10-22(20)27)13-23(21)29-26(30-25)34-16-19-8-6-11-31(19)2;1-32-11-6-8-18(32)15-36-25-30-22-13-23(19-9-2-3-10-21(19)26(27,28)29)35-16-20(22)24(31-25)33-12-5-4-7-17(33)14-34/h3-4,8-9,11-12,20,22,27H,5-7,10,13-19H2,2H3;6-7,9,12-13,15,22-23,27H,3-5,8,10-11,14,16-19H2,1-2H3;3-4,9-10,18-19,24H,5-8,11-17H2,2H3;2-3,9-10,17-18,23,34H,4-8,11-16H2,1H3/t20-,22+,27?;23-,27?;18-,19-,24?;17-,18?,23?/m0001/s1. The van der Waals surface area contributed by atoms with Gasteiger partial charge in [-0.3, -0.25) is 0 Å². The second-order valence-electron chi connectivity index (χ2n) is 41.2. The molecule has 22 rings (SSSR count). The lowest BCUT2D eigenvalue weighted by Gasteiger charge is -2.38. The van der Waals surface area contributed by atoms with Gasteiger partial charge in [0.05, 0.1) is 97.5 Å². The summed E-state index contributed by atoms with van der Waals surface area (Å²) in [6, 6.07) is 41.9. The Morgan fingerprint density at radius 3 is 1.25 bits per heavy atom. The Morgan fingerprint density at radius 2 is 0.776 bits per heavy atom. The SMILES string of the molecule is CN1CCCC1COc1nc2c(c(N3CCCC[C@@H]3CO)n1)COC(c1ccccc1C(F)(F)F)C2.Cc1cccc2cccc(C3Cc4nc(OC[C@@H]5CCCN5C)nc(C5CCCCC5)c4CO3)c12.[C-]#[N+]C[C@@H]1CCCN(c2nc(OC[C@@H]3CCCN3C)nc3c2COC(c2ccccc2Cl)C3)C1.[C-]#[N+]C[C@@H]1CCCN(c2nc(OC[C@H]3CCCN3C)nc3c2COC(c2cccc4cccc(Cl)c24)C3)C1. The van der Waals surface area contributed by atoms with Crippen LogP contribution in [-0.4, -0.2) is 228 Å². The van der Waals surface area contributed by atoms with Gasteiger partial charge >= 0.3 is 30.2 Å². The second-order valence-corrected chi connectivity index (χ2v) is 42.0. The van der Waals surface area contributed by atoms with Crippen LogP contribution in [0, 0.1) is 31.9 Å². The Morgan fingerprint density at radius 1 is 0.392 bits per heavy atom. The number of nitrogens with zero attached hydrogens (tertiary/aromatic N) is 17. The fourth-order valence-corrected chi connectivity index (χ4v) is 24.2. The van der Waals surface area contributed by atoms with Crippen molar-refractivity contribution >= 4 is 62.2 Å². The summed E-state index contributed by atoms with van der Waals surface area (Å²) in [5.74, 6) is 3.71. The van der Waals surface area contributed by atoms with Gasteiger partial charge in [-0.15, -0.1) is 0 Å². The molecule has 0 spiro atoms. The van der Waals surface area contributed by atoms with Crippen LogP contribution >= 0.6 is 23.2 Å². The Hall–Kier alpha value is -10.3. The van der Waals surface area contributed by atoms with Crippen LogP contribution in [0.4, 0.5) is 30.6 Å². The number of aromatic nitrogens is 8. The average Bonchev–Trinajstić information content (AvgIpc) is 1.32. The minimum absolute atomic E-state index is 0.00424. The van der Waals surface area contributed by atoms with Crippen molar-refractivity contribution in [2.24, 2.45) is 11.8 Å². The molecule has 11 aliphatic heterocycles. The van der Waals surface area contributed by atoms with Crippen LogP contribution in [-0.2, 0) is 77.2 Å². The van der Waals surface area contributed by atoms with Gasteiger partial charge < -0.3 is 87.0 Å². The molecule has 1 saturated carbocycles. The first-order valence-corrected chi connectivity index (χ1v) is 53.0. The molecule has 15 heterocycles. The molecule has 1 N–H and O–H groups in total.